The molecule has 134 valence electrons. The molecule has 0 saturated heterocycles. The van der Waals surface area contributed by atoms with Gasteiger partial charge in [-0.1, -0.05) is 24.3 Å². The smallest absolute Gasteiger partial charge is 0.255 e. The molecule has 3 aromatic rings. The van der Waals surface area contributed by atoms with Crippen molar-refractivity contribution in [1.29, 1.82) is 0 Å². The molecule has 1 N–H and O–H groups in total. The van der Waals surface area contributed by atoms with Crippen LogP contribution >= 0.6 is 0 Å². The number of anilines is 1. The van der Waals surface area contributed by atoms with Gasteiger partial charge in [-0.3, -0.25) is 9.59 Å². The van der Waals surface area contributed by atoms with Crippen molar-refractivity contribution in [2.24, 2.45) is 0 Å². The third-order valence-electron chi connectivity index (χ3n) is 4.70. The Morgan fingerprint density at radius 1 is 0.889 bits per heavy atom. The Morgan fingerprint density at radius 3 is 2.37 bits per heavy atom. The number of amides is 1. The van der Waals surface area contributed by atoms with Crippen molar-refractivity contribution >= 4 is 17.4 Å². The molecule has 0 aromatic heterocycles. The Morgan fingerprint density at radius 2 is 1.63 bits per heavy atom. The number of benzene rings is 3. The summed E-state index contributed by atoms with van der Waals surface area (Å²) < 4.78 is 27.5. The summed E-state index contributed by atoms with van der Waals surface area (Å²) in [7, 11) is 0. The SMILES string of the molecule is O=C(Nc1ccc(-c2ccc(F)cc2F)c2c1C(=O)CC2)c1ccccc1. The van der Waals surface area contributed by atoms with E-state index in [0.29, 0.717) is 40.8 Å². The number of carbonyl (C=O) groups excluding carboxylic acids is 2. The van der Waals surface area contributed by atoms with Gasteiger partial charge in [0.15, 0.2) is 5.78 Å². The van der Waals surface area contributed by atoms with Crippen molar-refractivity contribution in [3.05, 3.63) is 89.0 Å². The maximum absolute atomic E-state index is 14.2. The zero-order chi connectivity index (χ0) is 19.0. The van der Waals surface area contributed by atoms with E-state index < -0.39 is 11.6 Å². The molecule has 3 aromatic carbocycles. The summed E-state index contributed by atoms with van der Waals surface area (Å²) in [5, 5.41) is 2.78. The third-order valence-corrected chi connectivity index (χ3v) is 4.70. The first-order valence-electron chi connectivity index (χ1n) is 8.55. The lowest BCUT2D eigenvalue weighted by Gasteiger charge is -2.14. The number of ketones is 1. The molecule has 1 amide bonds. The molecule has 0 radical (unpaired) electrons. The fraction of sp³-hybridized carbons (Fsp3) is 0.0909. The summed E-state index contributed by atoms with van der Waals surface area (Å²) >= 11 is 0. The van der Waals surface area contributed by atoms with E-state index in [9.17, 15) is 18.4 Å². The zero-order valence-corrected chi connectivity index (χ0v) is 14.3. The number of halogens is 2. The van der Waals surface area contributed by atoms with E-state index in [4.69, 9.17) is 0 Å². The van der Waals surface area contributed by atoms with Gasteiger partial charge in [0.25, 0.3) is 5.91 Å². The van der Waals surface area contributed by atoms with Crippen molar-refractivity contribution in [3.8, 4) is 11.1 Å². The third kappa shape index (κ3) is 3.12. The summed E-state index contributed by atoms with van der Waals surface area (Å²) in [4.78, 5) is 24.9. The molecule has 0 saturated carbocycles. The topological polar surface area (TPSA) is 46.2 Å². The molecule has 0 fully saturated rings. The highest BCUT2D eigenvalue weighted by Gasteiger charge is 2.27. The molecule has 1 aliphatic carbocycles. The van der Waals surface area contributed by atoms with Crippen LogP contribution in [-0.2, 0) is 6.42 Å². The van der Waals surface area contributed by atoms with Crippen LogP contribution in [0.3, 0.4) is 0 Å². The van der Waals surface area contributed by atoms with E-state index in [1.165, 1.54) is 12.1 Å². The van der Waals surface area contributed by atoms with Crippen molar-refractivity contribution < 1.29 is 18.4 Å². The van der Waals surface area contributed by atoms with Gasteiger partial charge in [0.2, 0.25) is 0 Å². The average molecular weight is 363 g/mol. The van der Waals surface area contributed by atoms with E-state index in [2.05, 4.69) is 5.32 Å². The lowest BCUT2D eigenvalue weighted by molar-refractivity contribution is 0.0995. The summed E-state index contributed by atoms with van der Waals surface area (Å²) in [6, 6.07) is 15.3. The van der Waals surface area contributed by atoms with Gasteiger partial charge in [-0.2, -0.15) is 0 Å². The second-order valence-corrected chi connectivity index (χ2v) is 6.38. The molecule has 0 spiro atoms. The van der Waals surface area contributed by atoms with E-state index in [1.54, 1.807) is 36.4 Å². The van der Waals surface area contributed by atoms with Crippen LogP contribution in [0.4, 0.5) is 14.5 Å². The van der Waals surface area contributed by atoms with Crippen LogP contribution in [-0.4, -0.2) is 11.7 Å². The standard InChI is InChI=1S/C22H15F2NO2/c23-14-6-7-16(18(24)12-14)15-8-10-19(21-17(15)9-11-20(21)26)25-22(27)13-4-2-1-3-5-13/h1-8,10,12H,9,11H2,(H,25,27). The predicted molar refractivity (Wildman–Crippen MR) is 98.8 cm³/mol. The molecular formula is C22H15F2NO2. The first-order valence-corrected chi connectivity index (χ1v) is 8.55. The fourth-order valence-electron chi connectivity index (χ4n) is 3.44. The van der Waals surface area contributed by atoms with Crippen LogP contribution in [0.25, 0.3) is 11.1 Å². The highest BCUT2D eigenvalue weighted by Crippen LogP contribution is 2.38. The summed E-state index contributed by atoms with van der Waals surface area (Å²) in [5.41, 5.74) is 2.75. The molecule has 0 aliphatic heterocycles. The van der Waals surface area contributed by atoms with Gasteiger partial charge in [-0.25, -0.2) is 8.78 Å². The molecule has 0 heterocycles. The number of nitrogens with one attached hydrogen (secondary N) is 1. The first-order chi connectivity index (χ1) is 13.0. The van der Waals surface area contributed by atoms with Gasteiger partial charge in [0, 0.05) is 29.2 Å². The molecular weight excluding hydrogens is 348 g/mol. The van der Waals surface area contributed by atoms with E-state index >= 15 is 0 Å². The summed E-state index contributed by atoms with van der Waals surface area (Å²) in [5.74, 6) is -1.76. The second-order valence-electron chi connectivity index (χ2n) is 6.38. The van der Waals surface area contributed by atoms with Crippen LogP contribution < -0.4 is 5.32 Å². The van der Waals surface area contributed by atoms with Gasteiger partial charge >= 0.3 is 0 Å². The Kier molecular flexibility index (Phi) is 4.28. The monoisotopic (exact) mass is 363 g/mol. The van der Waals surface area contributed by atoms with Gasteiger partial charge < -0.3 is 5.32 Å². The molecule has 3 nitrogen and oxygen atoms in total. The zero-order valence-electron chi connectivity index (χ0n) is 14.3. The number of fused-ring (bicyclic) bond motifs is 1. The largest absolute Gasteiger partial charge is 0.321 e. The van der Waals surface area contributed by atoms with Crippen LogP contribution in [0.2, 0.25) is 0 Å². The molecule has 27 heavy (non-hydrogen) atoms. The highest BCUT2D eigenvalue weighted by atomic mass is 19.1. The molecule has 0 bridgehead atoms. The second kappa shape index (κ2) is 6.76. The highest BCUT2D eigenvalue weighted by molar-refractivity contribution is 6.12. The molecule has 0 unspecified atom stereocenters. The number of rotatable bonds is 3. The minimum atomic E-state index is -0.683. The Balaban J connectivity index is 1.77. The molecule has 5 heteroatoms. The maximum atomic E-state index is 14.2. The van der Waals surface area contributed by atoms with Crippen molar-refractivity contribution in [1.82, 2.24) is 0 Å². The Labute approximate surface area is 154 Å². The van der Waals surface area contributed by atoms with Crippen molar-refractivity contribution in [2.75, 3.05) is 5.32 Å². The lowest BCUT2D eigenvalue weighted by Crippen LogP contribution is -2.14. The van der Waals surface area contributed by atoms with E-state index in [1.807, 2.05) is 6.07 Å². The minimum absolute atomic E-state index is 0.0993. The first kappa shape index (κ1) is 17.1. The van der Waals surface area contributed by atoms with Crippen molar-refractivity contribution in [3.63, 3.8) is 0 Å². The predicted octanol–water partition coefficient (Wildman–Crippen LogP) is 5.01. The normalized spacial score (nSPS) is 12.7. The van der Waals surface area contributed by atoms with Crippen LogP contribution in [0.15, 0.2) is 60.7 Å². The van der Waals surface area contributed by atoms with Gasteiger partial charge in [0.1, 0.15) is 11.6 Å². The van der Waals surface area contributed by atoms with E-state index in [0.717, 1.165) is 6.07 Å². The Hall–Kier alpha value is -3.34. The maximum Gasteiger partial charge on any atom is 0.255 e. The van der Waals surface area contributed by atoms with E-state index in [-0.39, 0.29) is 17.3 Å². The fourth-order valence-corrected chi connectivity index (χ4v) is 3.44. The number of hydrogen-bond donors (Lipinski definition) is 1. The number of Topliss-reactive ketones (excluding diaryl/α,β-unsaturated/α-hetero) is 1. The Bertz CT molecular complexity index is 1060. The van der Waals surface area contributed by atoms with Gasteiger partial charge in [-0.05, 0) is 47.9 Å². The molecule has 1 aliphatic rings. The van der Waals surface area contributed by atoms with Crippen molar-refractivity contribution in [2.45, 2.75) is 12.8 Å². The van der Waals surface area contributed by atoms with Gasteiger partial charge in [0.05, 0.1) is 5.69 Å². The quantitative estimate of drug-likeness (QED) is 0.711. The lowest BCUT2D eigenvalue weighted by atomic mass is 9.95. The minimum Gasteiger partial charge on any atom is -0.321 e. The average Bonchev–Trinajstić information content (AvgIpc) is 3.06. The van der Waals surface area contributed by atoms with Crippen LogP contribution in [0, 0.1) is 11.6 Å². The molecule has 0 atom stereocenters. The van der Waals surface area contributed by atoms with Gasteiger partial charge in [-0.15, -0.1) is 0 Å². The summed E-state index contributed by atoms with van der Waals surface area (Å²) in [6.07, 6.45) is 0.749. The van der Waals surface area contributed by atoms with Crippen LogP contribution in [0.1, 0.15) is 32.7 Å². The number of hydrogen-bond acceptors (Lipinski definition) is 2. The molecule has 4 rings (SSSR count). The summed E-state index contributed by atoms with van der Waals surface area (Å²) in [6.45, 7) is 0. The van der Waals surface area contributed by atoms with Crippen LogP contribution in [0.5, 0.6) is 0 Å². The number of carbonyl (C=O) groups is 2.